The monoisotopic (exact) mass is 309 g/mol. The fraction of sp³-hybridized carbons (Fsp3) is 0.368. The molecule has 0 bridgehead atoms. The van der Waals surface area contributed by atoms with Crippen LogP contribution in [0.15, 0.2) is 59.7 Å². The van der Waals surface area contributed by atoms with Crippen molar-refractivity contribution in [1.29, 1.82) is 0 Å². The van der Waals surface area contributed by atoms with Crippen LogP contribution in [0.2, 0.25) is 0 Å². The summed E-state index contributed by atoms with van der Waals surface area (Å²) in [5.74, 6) is 0. The number of hydrogen-bond donors (Lipinski definition) is 0. The topological polar surface area (TPSA) is 58.0 Å². The van der Waals surface area contributed by atoms with E-state index in [0.717, 1.165) is 11.1 Å². The van der Waals surface area contributed by atoms with E-state index in [1.165, 1.54) is 5.56 Å². The van der Waals surface area contributed by atoms with Crippen molar-refractivity contribution in [1.82, 2.24) is 0 Å². The highest BCUT2D eigenvalue weighted by atomic mass is 16.5. The first-order valence-electron chi connectivity index (χ1n) is 7.77. The van der Waals surface area contributed by atoms with Crippen molar-refractivity contribution in [2.24, 2.45) is 5.11 Å². The van der Waals surface area contributed by atoms with E-state index in [4.69, 9.17) is 10.3 Å². The highest BCUT2D eigenvalue weighted by molar-refractivity contribution is 5.27. The Kier molecular flexibility index (Phi) is 5.80. The lowest BCUT2D eigenvalue weighted by Crippen LogP contribution is -2.11. The summed E-state index contributed by atoms with van der Waals surface area (Å²) in [4.78, 5) is 2.84. The second kappa shape index (κ2) is 7.82. The van der Waals surface area contributed by atoms with Crippen LogP contribution < -0.4 is 0 Å². The molecule has 0 fully saturated rings. The number of benzene rings is 2. The third kappa shape index (κ3) is 5.13. The van der Waals surface area contributed by atoms with Crippen molar-refractivity contribution >= 4 is 0 Å². The Bertz CT molecular complexity index is 653. The molecule has 2 aromatic rings. The van der Waals surface area contributed by atoms with Gasteiger partial charge in [-0.3, -0.25) is 0 Å². The molecule has 4 heteroatoms. The Hall–Kier alpha value is -2.29. The van der Waals surface area contributed by atoms with Crippen LogP contribution in [0, 0.1) is 0 Å². The quantitative estimate of drug-likeness (QED) is 0.392. The van der Waals surface area contributed by atoms with E-state index >= 15 is 0 Å². The summed E-state index contributed by atoms with van der Waals surface area (Å²) in [5, 5.41) is 3.66. The predicted octanol–water partition coefficient (Wildman–Crippen LogP) is 5.55. The smallest absolute Gasteiger partial charge is 0.0885 e. The molecule has 0 aliphatic rings. The maximum atomic E-state index is 8.56. The molecular formula is C19H23N3O. The van der Waals surface area contributed by atoms with Crippen LogP contribution >= 0.6 is 0 Å². The van der Waals surface area contributed by atoms with Gasteiger partial charge in [0.05, 0.1) is 19.3 Å². The maximum Gasteiger partial charge on any atom is 0.0885 e. The van der Waals surface area contributed by atoms with Crippen LogP contribution in [0.3, 0.4) is 0 Å². The summed E-state index contributed by atoms with van der Waals surface area (Å²) in [6.07, 6.45) is -0.227. The molecule has 0 aliphatic heterocycles. The zero-order valence-corrected chi connectivity index (χ0v) is 13.9. The van der Waals surface area contributed by atoms with Crippen molar-refractivity contribution in [3.63, 3.8) is 0 Å². The van der Waals surface area contributed by atoms with Gasteiger partial charge in [-0.1, -0.05) is 80.5 Å². The molecule has 0 saturated heterocycles. The Balaban J connectivity index is 2.05. The van der Waals surface area contributed by atoms with E-state index in [9.17, 15) is 0 Å². The Morgan fingerprint density at radius 2 is 1.70 bits per heavy atom. The molecule has 120 valence electrons. The normalized spacial score (nSPS) is 12.5. The minimum absolute atomic E-state index is 0.146. The van der Waals surface area contributed by atoms with Gasteiger partial charge in [-0.25, -0.2) is 0 Å². The van der Waals surface area contributed by atoms with Crippen LogP contribution in [0.25, 0.3) is 10.4 Å². The van der Waals surface area contributed by atoms with Crippen molar-refractivity contribution in [3.8, 4) is 0 Å². The molecule has 0 amide bonds. The largest absolute Gasteiger partial charge is 0.369 e. The third-order valence-electron chi connectivity index (χ3n) is 3.75. The van der Waals surface area contributed by atoms with Gasteiger partial charge in [-0.05, 0) is 27.6 Å². The van der Waals surface area contributed by atoms with E-state index < -0.39 is 0 Å². The molecule has 0 aromatic heterocycles. The second-order valence-corrected chi connectivity index (χ2v) is 6.57. The van der Waals surface area contributed by atoms with Crippen molar-refractivity contribution in [2.75, 3.05) is 6.54 Å². The Morgan fingerprint density at radius 1 is 1.04 bits per heavy atom. The molecule has 0 spiro atoms. The maximum absolute atomic E-state index is 8.56. The second-order valence-electron chi connectivity index (χ2n) is 6.57. The predicted molar refractivity (Wildman–Crippen MR) is 93.1 cm³/mol. The first kappa shape index (κ1) is 17.1. The Labute approximate surface area is 137 Å². The van der Waals surface area contributed by atoms with Crippen molar-refractivity contribution in [2.45, 2.75) is 38.9 Å². The number of nitrogens with zero attached hydrogens (tertiary/aromatic N) is 3. The van der Waals surface area contributed by atoms with Crippen LogP contribution in [0.1, 0.15) is 43.6 Å². The minimum Gasteiger partial charge on any atom is -0.369 e. The average molecular weight is 309 g/mol. The van der Waals surface area contributed by atoms with E-state index in [-0.39, 0.29) is 11.5 Å². The molecule has 0 saturated carbocycles. The highest BCUT2D eigenvalue weighted by Gasteiger charge is 2.14. The zero-order chi connectivity index (χ0) is 16.7. The molecule has 1 unspecified atom stereocenters. The first-order chi connectivity index (χ1) is 11.0. The highest BCUT2D eigenvalue weighted by Crippen LogP contribution is 2.24. The number of ether oxygens (including phenoxy) is 1. The summed E-state index contributed by atoms with van der Waals surface area (Å²) in [6, 6.07) is 18.3. The summed E-state index contributed by atoms with van der Waals surface area (Å²) < 4.78 is 5.98. The van der Waals surface area contributed by atoms with Gasteiger partial charge < -0.3 is 4.74 Å². The zero-order valence-electron chi connectivity index (χ0n) is 13.9. The fourth-order valence-electron chi connectivity index (χ4n) is 2.33. The lowest BCUT2D eigenvalue weighted by Gasteiger charge is -2.20. The molecule has 2 rings (SSSR count). The molecule has 4 nitrogen and oxygen atoms in total. The van der Waals surface area contributed by atoms with Crippen LogP contribution in [0.4, 0.5) is 0 Å². The summed E-state index contributed by atoms with van der Waals surface area (Å²) in [7, 11) is 0. The summed E-state index contributed by atoms with van der Waals surface area (Å²) in [5.41, 5.74) is 12.1. The number of hydrogen-bond acceptors (Lipinski definition) is 2. The van der Waals surface area contributed by atoms with Gasteiger partial charge in [0.15, 0.2) is 0 Å². The summed E-state index contributed by atoms with van der Waals surface area (Å²) in [6.45, 7) is 7.38. The molecule has 0 heterocycles. The van der Waals surface area contributed by atoms with Gasteiger partial charge in [0, 0.05) is 4.91 Å². The average Bonchev–Trinajstić information content (AvgIpc) is 2.55. The molecule has 0 aliphatic carbocycles. The molecule has 23 heavy (non-hydrogen) atoms. The fourth-order valence-corrected chi connectivity index (χ4v) is 2.33. The number of azide groups is 1. The molecule has 0 radical (unpaired) electrons. The lowest BCUT2D eigenvalue weighted by atomic mass is 9.87. The van der Waals surface area contributed by atoms with Crippen molar-refractivity contribution in [3.05, 3.63) is 81.7 Å². The van der Waals surface area contributed by atoms with Gasteiger partial charge >= 0.3 is 0 Å². The number of rotatable bonds is 6. The van der Waals surface area contributed by atoms with Gasteiger partial charge in [-0.15, -0.1) is 0 Å². The van der Waals surface area contributed by atoms with E-state index in [2.05, 4.69) is 55.1 Å². The molecule has 2 aromatic carbocycles. The van der Waals surface area contributed by atoms with E-state index in [1.807, 2.05) is 30.3 Å². The summed E-state index contributed by atoms with van der Waals surface area (Å²) >= 11 is 0. The van der Waals surface area contributed by atoms with Crippen molar-refractivity contribution < 1.29 is 4.74 Å². The SMILES string of the molecule is CC(C)(C)c1ccc(COC(CN=[N+]=[N-])c2ccccc2)cc1. The first-order valence-corrected chi connectivity index (χ1v) is 7.77. The van der Waals surface area contributed by atoms with Crippen LogP contribution in [-0.4, -0.2) is 6.54 Å². The van der Waals surface area contributed by atoms with Gasteiger partial charge in [-0.2, -0.15) is 0 Å². The molecular weight excluding hydrogens is 286 g/mol. The van der Waals surface area contributed by atoms with Crippen LogP contribution in [-0.2, 0) is 16.8 Å². The molecule has 0 N–H and O–H groups in total. The van der Waals surface area contributed by atoms with Gasteiger partial charge in [0.25, 0.3) is 0 Å². The van der Waals surface area contributed by atoms with Gasteiger partial charge in [0.2, 0.25) is 0 Å². The van der Waals surface area contributed by atoms with Crippen LogP contribution in [0.5, 0.6) is 0 Å². The van der Waals surface area contributed by atoms with E-state index in [1.54, 1.807) is 0 Å². The third-order valence-corrected chi connectivity index (χ3v) is 3.75. The lowest BCUT2D eigenvalue weighted by molar-refractivity contribution is 0.0457. The molecule has 1 atom stereocenters. The Morgan fingerprint density at radius 3 is 2.26 bits per heavy atom. The standard InChI is InChI=1S/C19H23N3O/c1-19(2,3)17-11-9-15(10-12-17)14-23-18(13-21-22-20)16-7-5-4-6-8-16/h4-12,18H,13-14H2,1-3H3. The van der Waals surface area contributed by atoms with E-state index in [0.29, 0.717) is 13.2 Å². The minimum atomic E-state index is -0.227. The van der Waals surface area contributed by atoms with Gasteiger partial charge in [0.1, 0.15) is 0 Å².